The molecule has 2 aliphatic rings. The van der Waals surface area contributed by atoms with Crippen LogP contribution in [0.15, 0.2) is 15.4 Å². The number of aliphatic hydroxyl groups excluding tert-OH is 1. The van der Waals surface area contributed by atoms with E-state index in [1.54, 1.807) is 6.92 Å². The van der Waals surface area contributed by atoms with Crippen LogP contribution in [0.25, 0.3) is 0 Å². The molecule has 1 aliphatic heterocycles. The molecule has 2 fully saturated rings. The van der Waals surface area contributed by atoms with Crippen LogP contribution in [0.2, 0.25) is 0 Å². The quantitative estimate of drug-likeness (QED) is 0.832. The lowest BCUT2D eigenvalue weighted by atomic mass is 10.3. The molecule has 1 aliphatic carbocycles. The highest BCUT2D eigenvalue weighted by molar-refractivity contribution is 7.89. The predicted molar refractivity (Wildman–Crippen MR) is 72.7 cm³/mol. The third kappa shape index (κ3) is 2.76. The second-order valence-electron chi connectivity index (χ2n) is 5.62. The summed E-state index contributed by atoms with van der Waals surface area (Å²) >= 11 is 0. The van der Waals surface area contributed by atoms with Gasteiger partial charge in [-0.15, -0.1) is 0 Å². The molecular formula is C13H20N2O4S. The predicted octanol–water partition coefficient (Wildman–Crippen LogP) is 0.595. The zero-order valence-corrected chi connectivity index (χ0v) is 12.3. The van der Waals surface area contributed by atoms with Gasteiger partial charge < -0.3 is 9.52 Å². The molecule has 2 heterocycles. The highest BCUT2D eigenvalue weighted by Gasteiger charge is 2.36. The zero-order chi connectivity index (χ0) is 14.3. The fourth-order valence-corrected chi connectivity index (χ4v) is 4.27. The van der Waals surface area contributed by atoms with Crippen molar-refractivity contribution >= 4 is 10.0 Å². The van der Waals surface area contributed by atoms with Gasteiger partial charge in [0.05, 0.1) is 0 Å². The first-order chi connectivity index (χ1) is 9.49. The summed E-state index contributed by atoms with van der Waals surface area (Å²) in [5.74, 6) is 0.590. The Morgan fingerprint density at radius 2 is 2.20 bits per heavy atom. The second-order valence-corrected chi connectivity index (χ2v) is 7.31. The van der Waals surface area contributed by atoms with Crippen molar-refractivity contribution in [3.8, 4) is 0 Å². The van der Waals surface area contributed by atoms with Crippen molar-refractivity contribution < 1.29 is 17.9 Å². The molecule has 20 heavy (non-hydrogen) atoms. The van der Waals surface area contributed by atoms with E-state index in [4.69, 9.17) is 9.52 Å². The minimum Gasteiger partial charge on any atom is -0.462 e. The molecule has 6 nitrogen and oxygen atoms in total. The molecule has 2 N–H and O–H groups in total. The van der Waals surface area contributed by atoms with Crippen molar-refractivity contribution in [2.75, 3.05) is 13.1 Å². The molecule has 0 spiro atoms. The number of sulfonamides is 1. The molecular weight excluding hydrogens is 280 g/mol. The Hall–Kier alpha value is -0.890. The number of furan rings is 1. The Morgan fingerprint density at radius 3 is 2.80 bits per heavy atom. The van der Waals surface area contributed by atoms with Crippen molar-refractivity contribution in [3.05, 3.63) is 17.6 Å². The van der Waals surface area contributed by atoms with Gasteiger partial charge in [-0.1, -0.05) is 0 Å². The topological polar surface area (TPSA) is 82.8 Å². The summed E-state index contributed by atoms with van der Waals surface area (Å²) in [4.78, 5) is 2.49. The van der Waals surface area contributed by atoms with Gasteiger partial charge in [0.1, 0.15) is 23.0 Å². The Balaban J connectivity index is 1.70. The molecule has 7 heteroatoms. The number of hydrogen-bond acceptors (Lipinski definition) is 5. The van der Waals surface area contributed by atoms with Crippen molar-refractivity contribution in [2.24, 2.45) is 0 Å². The molecule has 1 atom stereocenters. The van der Waals surface area contributed by atoms with Crippen LogP contribution in [0.5, 0.6) is 0 Å². The van der Waals surface area contributed by atoms with Gasteiger partial charge in [0, 0.05) is 31.2 Å². The van der Waals surface area contributed by atoms with Crippen LogP contribution in [0.4, 0.5) is 0 Å². The van der Waals surface area contributed by atoms with E-state index in [9.17, 15) is 8.42 Å². The van der Waals surface area contributed by atoms with E-state index in [2.05, 4.69) is 9.62 Å². The lowest BCUT2D eigenvalue weighted by Gasteiger charge is -2.15. The third-order valence-corrected chi connectivity index (χ3v) is 5.60. The average molecular weight is 300 g/mol. The number of aryl methyl sites for hydroxylation is 1. The molecule has 3 rings (SSSR count). The summed E-state index contributed by atoms with van der Waals surface area (Å²) in [5, 5.41) is 9.01. The summed E-state index contributed by atoms with van der Waals surface area (Å²) in [6, 6.07) is 2.03. The standard InChI is InChI=1S/C13H20N2O4S/c1-9-13(6-12(8-16)19-9)20(17,18)14-10-4-5-15(7-10)11-2-3-11/h6,10-11,14,16H,2-5,7-8H2,1H3. The molecule has 1 aromatic heterocycles. The number of likely N-dealkylation sites (tertiary alicyclic amines) is 1. The zero-order valence-electron chi connectivity index (χ0n) is 11.5. The Kier molecular flexibility index (Phi) is 3.62. The molecule has 1 saturated heterocycles. The minimum absolute atomic E-state index is 0.0347. The lowest BCUT2D eigenvalue weighted by molar-refractivity contribution is 0.244. The van der Waals surface area contributed by atoms with Gasteiger partial charge in [-0.2, -0.15) is 0 Å². The smallest absolute Gasteiger partial charge is 0.244 e. The Bertz CT molecular complexity index is 592. The number of hydrogen-bond donors (Lipinski definition) is 2. The molecule has 1 aromatic rings. The summed E-state index contributed by atoms with van der Waals surface area (Å²) in [6.07, 6.45) is 3.32. The van der Waals surface area contributed by atoms with Crippen LogP contribution in [0.1, 0.15) is 30.8 Å². The van der Waals surface area contributed by atoms with E-state index in [0.717, 1.165) is 19.5 Å². The SMILES string of the molecule is Cc1oc(CO)cc1S(=O)(=O)NC1CCN(C2CC2)C1. The van der Waals surface area contributed by atoms with Gasteiger partial charge >= 0.3 is 0 Å². The summed E-state index contributed by atoms with van der Waals surface area (Å²) in [5.41, 5.74) is 0. The molecule has 112 valence electrons. The van der Waals surface area contributed by atoms with Crippen molar-refractivity contribution in [1.82, 2.24) is 9.62 Å². The van der Waals surface area contributed by atoms with Crippen molar-refractivity contribution in [1.29, 1.82) is 0 Å². The molecule has 0 aromatic carbocycles. The third-order valence-electron chi connectivity index (χ3n) is 3.97. The van der Waals surface area contributed by atoms with Gasteiger partial charge in [-0.3, -0.25) is 4.90 Å². The number of nitrogens with zero attached hydrogens (tertiary/aromatic N) is 1. The average Bonchev–Trinajstić information content (AvgIpc) is 3.02. The fraction of sp³-hybridized carbons (Fsp3) is 0.692. The highest BCUT2D eigenvalue weighted by atomic mass is 32.2. The van der Waals surface area contributed by atoms with E-state index < -0.39 is 10.0 Å². The number of nitrogens with one attached hydrogen (secondary N) is 1. The lowest BCUT2D eigenvalue weighted by Crippen LogP contribution is -2.37. The van der Waals surface area contributed by atoms with Gasteiger partial charge in [0.2, 0.25) is 10.0 Å². The monoisotopic (exact) mass is 300 g/mol. The first-order valence-electron chi connectivity index (χ1n) is 6.96. The van der Waals surface area contributed by atoms with Crippen LogP contribution in [0, 0.1) is 6.92 Å². The molecule has 1 saturated carbocycles. The highest BCUT2D eigenvalue weighted by Crippen LogP contribution is 2.30. The van der Waals surface area contributed by atoms with Gasteiger partial charge in [0.25, 0.3) is 0 Å². The summed E-state index contributed by atoms with van der Waals surface area (Å²) in [6.45, 7) is 3.05. The normalized spacial score (nSPS) is 24.4. The maximum atomic E-state index is 12.4. The molecule has 1 unspecified atom stereocenters. The largest absolute Gasteiger partial charge is 0.462 e. The summed E-state index contributed by atoms with van der Waals surface area (Å²) in [7, 11) is -3.57. The fourth-order valence-electron chi connectivity index (χ4n) is 2.81. The Morgan fingerprint density at radius 1 is 1.45 bits per heavy atom. The first kappa shape index (κ1) is 14.1. The van der Waals surface area contributed by atoms with Crippen molar-refractivity contribution in [2.45, 2.75) is 49.8 Å². The first-order valence-corrected chi connectivity index (χ1v) is 8.44. The van der Waals surface area contributed by atoms with E-state index in [1.807, 2.05) is 0 Å². The summed E-state index contributed by atoms with van der Waals surface area (Å²) < 4.78 is 32.7. The van der Waals surface area contributed by atoms with Crippen LogP contribution < -0.4 is 4.72 Å². The van der Waals surface area contributed by atoms with Crippen molar-refractivity contribution in [3.63, 3.8) is 0 Å². The van der Waals surface area contributed by atoms with E-state index in [0.29, 0.717) is 11.8 Å². The molecule has 0 radical (unpaired) electrons. The van der Waals surface area contributed by atoms with Gasteiger partial charge in [-0.25, -0.2) is 13.1 Å². The molecule has 0 bridgehead atoms. The second kappa shape index (κ2) is 5.14. The molecule has 0 amide bonds. The van der Waals surface area contributed by atoms with Crippen LogP contribution in [0.3, 0.4) is 0 Å². The van der Waals surface area contributed by atoms with E-state index in [-0.39, 0.29) is 23.3 Å². The Labute approximate surface area is 118 Å². The number of rotatable bonds is 5. The maximum Gasteiger partial charge on any atom is 0.244 e. The maximum absolute atomic E-state index is 12.4. The van der Waals surface area contributed by atoms with Crippen LogP contribution in [-0.4, -0.2) is 43.6 Å². The van der Waals surface area contributed by atoms with Crippen LogP contribution in [-0.2, 0) is 16.6 Å². The van der Waals surface area contributed by atoms with E-state index >= 15 is 0 Å². The van der Waals surface area contributed by atoms with Crippen LogP contribution >= 0.6 is 0 Å². The minimum atomic E-state index is -3.57. The van der Waals surface area contributed by atoms with E-state index in [1.165, 1.54) is 18.9 Å². The van der Waals surface area contributed by atoms with Gasteiger partial charge in [-0.05, 0) is 26.2 Å². The van der Waals surface area contributed by atoms with Gasteiger partial charge in [0.15, 0.2) is 0 Å². The number of aliphatic hydroxyl groups is 1.